The highest BCUT2D eigenvalue weighted by Gasteiger charge is 1.99. The van der Waals surface area contributed by atoms with Crippen LogP contribution in [0.2, 0.25) is 0 Å². The Morgan fingerprint density at radius 2 is 1.82 bits per heavy atom. The van der Waals surface area contributed by atoms with Crippen LogP contribution in [-0.2, 0) is 9.59 Å². The van der Waals surface area contributed by atoms with Gasteiger partial charge in [-0.15, -0.1) is 0 Å². The molecule has 0 aromatic heterocycles. The summed E-state index contributed by atoms with van der Waals surface area (Å²) in [5.74, 6) is 0. The van der Waals surface area contributed by atoms with Crippen LogP contribution in [0.15, 0.2) is 35.1 Å². The summed E-state index contributed by atoms with van der Waals surface area (Å²) in [7, 11) is 0. The largest absolute Gasteiger partial charge is 0.298 e. The molecule has 0 N–H and O–H groups in total. The van der Waals surface area contributed by atoms with Crippen molar-refractivity contribution >= 4 is 24.3 Å². The lowest BCUT2D eigenvalue weighted by atomic mass is 10.3. The molecule has 0 radical (unpaired) electrons. The van der Waals surface area contributed by atoms with E-state index in [9.17, 15) is 9.59 Å². The van der Waals surface area contributed by atoms with Crippen molar-refractivity contribution < 1.29 is 9.59 Å². The molecule has 0 aliphatic heterocycles. The van der Waals surface area contributed by atoms with Crippen LogP contribution in [0, 0.1) is 0 Å². The second-order valence-corrected chi connectivity index (χ2v) is 2.55. The first kappa shape index (κ1) is 9.91. The van der Waals surface area contributed by atoms with Gasteiger partial charge < -0.3 is 0 Å². The lowest BCUT2D eigenvalue weighted by Gasteiger charge is -1.94. The third-order valence-electron chi connectivity index (χ3n) is 0.949. The Kier molecular flexibility index (Phi) is 5.11. The summed E-state index contributed by atoms with van der Waals surface area (Å²) in [4.78, 5) is 20.9. The molecular formula is C8H8O2S. The van der Waals surface area contributed by atoms with Gasteiger partial charge in [0.05, 0.1) is 4.91 Å². The number of thioether (sulfide) groups is 1. The van der Waals surface area contributed by atoms with Gasteiger partial charge in [0.15, 0.2) is 12.6 Å². The summed E-state index contributed by atoms with van der Waals surface area (Å²) in [6.45, 7) is 6.81. The topological polar surface area (TPSA) is 34.1 Å². The molecule has 0 fully saturated rings. The van der Waals surface area contributed by atoms with E-state index in [1.165, 1.54) is 11.5 Å². The first-order valence-electron chi connectivity index (χ1n) is 2.84. The summed E-state index contributed by atoms with van der Waals surface area (Å²) < 4.78 is 0. The summed E-state index contributed by atoms with van der Waals surface area (Å²) in [6.07, 6.45) is 2.54. The molecule has 0 amide bonds. The fourth-order valence-electron chi connectivity index (χ4n) is 0.460. The van der Waals surface area contributed by atoms with Crippen molar-refractivity contribution in [2.75, 3.05) is 0 Å². The molecule has 0 spiro atoms. The first-order valence-corrected chi connectivity index (χ1v) is 3.72. The van der Waals surface area contributed by atoms with Crippen molar-refractivity contribution in [3.8, 4) is 0 Å². The molecule has 0 saturated carbocycles. The average Bonchev–Trinajstić information content (AvgIpc) is 2.05. The molecule has 58 valence electrons. The van der Waals surface area contributed by atoms with Crippen LogP contribution < -0.4 is 0 Å². The quantitative estimate of drug-likeness (QED) is 0.356. The van der Waals surface area contributed by atoms with Gasteiger partial charge in [-0.2, -0.15) is 0 Å². The first-order chi connectivity index (χ1) is 5.29. The van der Waals surface area contributed by atoms with E-state index in [1.54, 1.807) is 0 Å². The van der Waals surface area contributed by atoms with Crippen LogP contribution in [0.25, 0.3) is 0 Å². The van der Waals surface area contributed by atoms with Crippen LogP contribution in [0.5, 0.6) is 0 Å². The number of carbonyl (C=O) groups excluding carboxylic acids is 2. The second-order valence-electron chi connectivity index (χ2n) is 1.54. The van der Waals surface area contributed by atoms with Crippen LogP contribution in [0.3, 0.4) is 0 Å². The van der Waals surface area contributed by atoms with E-state index in [1.807, 2.05) is 0 Å². The predicted octanol–water partition coefficient (Wildman–Crippen LogP) is 1.70. The molecule has 0 aliphatic carbocycles. The molecule has 0 rings (SSSR count). The number of hydrogen-bond acceptors (Lipinski definition) is 3. The van der Waals surface area contributed by atoms with Gasteiger partial charge in [-0.3, -0.25) is 9.59 Å². The van der Waals surface area contributed by atoms with Gasteiger partial charge in [-0.1, -0.05) is 31.0 Å². The monoisotopic (exact) mass is 168 g/mol. The minimum atomic E-state index is 0.296. The zero-order valence-electron chi connectivity index (χ0n) is 5.95. The third kappa shape index (κ3) is 3.00. The Balaban J connectivity index is 4.73. The predicted molar refractivity (Wildman–Crippen MR) is 47.1 cm³/mol. The van der Waals surface area contributed by atoms with Crippen molar-refractivity contribution in [1.29, 1.82) is 0 Å². The Morgan fingerprint density at radius 1 is 1.18 bits per heavy atom. The molecule has 0 heterocycles. The number of aldehydes is 2. The van der Waals surface area contributed by atoms with Gasteiger partial charge in [0.2, 0.25) is 0 Å². The van der Waals surface area contributed by atoms with E-state index in [0.717, 1.165) is 11.8 Å². The molecule has 2 nitrogen and oxygen atoms in total. The fraction of sp³-hybridized carbons (Fsp3) is 0. The highest BCUT2D eigenvalue weighted by atomic mass is 32.2. The summed E-state index contributed by atoms with van der Waals surface area (Å²) in [5, 5.41) is 1.48. The van der Waals surface area contributed by atoms with Crippen molar-refractivity contribution in [1.82, 2.24) is 0 Å². The summed E-state index contributed by atoms with van der Waals surface area (Å²) in [6, 6.07) is 0. The standard InChI is InChI=1S/C8H8O2S/c1-3-7(5-9)8(6-10)11-4-2/h3-6H,1-2H2/b8-7+. The van der Waals surface area contributed by atoms with Crippen LogP contribution in [-0.4, -0.2) is 12.6 Å². The summed E-state index contributed by atoms with van der Waals surface area (Å²) >= 11 is 1.11. The van der Waals surface area contributed by atoms with Crippen LogP contribution in [0.4, 0.5) is 0 Å². The lowest BCUT2D eigenvalue weighted by molar-refractivity contribution is -0.106. The van der Waals surface area contributed by atoms with Crippen molar-refractivity contribution in [3.05, 3.63) is 35.1 Å². The molecule has 0 aromatic rings. The molecule has 0 aliphatic rings. The van der Waals surface area contributed by atoms with Gasteiger partial charge in [-0.25, -0.2) is 0 Å². The minimum absolute atomic E-state index is 0.296. The van der Waals surface area contributed by atoms with E-state index in [2.05, 4.69) is 13.2 Å². The van der Waals surface area contributed by atoms with Gasteiger partial charge in [-0.05, 0) is 5.41 Å². The maximum absolute atomic E-state index is 10.3. The molecule has 0 bridgehead atoms. The van der Waals surface area contributed by atoms with E-state index >= 15 is 0 Å². The zero-order valence-corrected chi connectivity index (χ0v) is 6.76. The molecule has 0 saturated heterocycles. The number of hydrogen-bond donors (Lipinski definition) is 0. The molecule has 3 heteroatoms. The summed E-state index contributed by atoms with van der Waals surface area (Å²) in [5.41, 5.74) is 0.296. The van der Waals surface area contributed by atoms with Crippen molar-refractivity contribution in [2.24, 2.45) is 0 Å². The van der Waals surface area contributed by atoms with Crippen molar-refractivity contribution in [2.45, 2.75) is 0 Å². The van der Waals surface area contributed by atoms with Crippen molar-refractivity contribution in [3.63, 3.8) is 0 Å². The number of carbonyl (C=O) groups is 2. The Hall–Kier alpha value is -1.09. The number of allylic oxidation sites excluding steroid dienone is 3. The van der Waals surface area contributed by atoms with E-state index in [-0.39, 0.29) is 0 Å². The fourth-order valence-corrected chi connectivity index (χ4v) is 0.963. The minimum Gasteiger partial charge on any atom is -0.298 e. The van der Waals surface area contributed by atoms with E-state index in [0.29, 0.717) is 23.1 Å². The average molecular weight is 168 g/mol. The Bertz CT molecular complexity index is 206. The van der Waals surface area contributed by atoms with Crippen LogP contribution in [0.1, 0.15) is 0 Å². The molecule has 0 aromatic carbocycles. The highest BCUT2D eigenvalue weighted by molar-refractivity contribution is 8.06. The SMILES string of the molecule is C=CS/C(C=O)=C(\C=C)C=O. The number of rotatable bonds is 5. The van der Waals surface area contributed by atoms with E-state index in [4.69, 9.17) is 0 Å². The van der Waals surface area contributed by atoms with E-state index < -0.39 is 0 Å². The maximum atomic E-state index is 10.3. The molecular weight excluding hydrogens is 160 g/mol. The molecule has 0 atom stereocenters. The Labute approximate surface area is 69.7 Å². The molecule has 0 unspecified atom stereocenters. The lowest BCUT2D eigenvalue weighted by Crippen LogP contribution is -1.86. The zero-order chi connectivity index (χ0) is 8.69. The smallest absolute Gasteiger partial charge is 0.157 e. The normalized spacial score (nSPS) is 11.3. The van der Waals surface area contributed by atoms with Gasteiger partial charge in [0.25, 0.3) is 0 Å². The van der Waals surface area contributed by atoms with Gasteiger partial charge in [0, 0.05) is 5.57 Å². The highest BCUT2D eigenvalue weighted by Crippen LogP contribution is 2.17. The Morgan fingerprint density at radius 3 is 2.09 bits per heavy atom. The van der Waals surface area contributed by atoms with Gasteiger partial charge in [0.1, 0.15) is 0 Å². The van der Waals surface area contributed by atoms with Crippen LogP contribution >= 0.6 is 11.8 Å². The third-order valence-corrected chi connectivity index (χ3v) is 1.70. The second kappa shape index (κ2) is 5.68. The van der Waals surface area contributed by atoms with Gasteiger partial charge >= 0.3 is 0 Å². The maximum Gasteiger partial charge on any atom is 0.157 e. The molecule has 11 heavy (non-hydrogen) atoms.